The number of nitrogens with zero attached hydrogens (tertiary/aromatic N) is 1. The Hall–Kier alpha value is -1.76. The second kappa shape index (κ2) is 7.68. The molecule has 0 aliphatic rings. The highest BCUT2D eigenvalue weighted by atomic mass is 35.5. The van der Waals surface area contributed by atoms with Crippen LogP contribution in [0.2, 0.25) is 10.0 Å². The topological polar surface area (TPSA) is 72.2 Å². The van der Waals surface area contributed by atoms with Gasteiger partial charge in [0.1, 0.15) is 5.69 Å². The molecule has 1 N–H and O–H groups in total. The van der Waals surface area contributed by atoms with Crippen molar-refractivity contribution in [3.8, 4) is 0 Å². The fourth-order valence-electron chi connectivity index (χ4n) is 1.87. The molecule has 0 unspecified atom stereocenters. The van der Waals surface area contributed by atoms with Crippen LogP contribution in [0.15, 0.2) is 41.3 Å². The van der Waals surface area contributed by atoms with E-state index in [1.165, 1.54) is 17.8 Å². The number of carbonyl (C=O) groups excluding carboxylic acids is 1. The van der Waals surface area contributed by atoms with E-state index in [1.54, 1.807) is 37.3 Å². The van der Waals surface area contributed by atoms with Gasteiger partial charge in [-0.05, 0) is 30.7 Å². The van der Waals surface area contributed by atoms with Crippen molar-refractivity contribution in [1.29, 1.82) is 0 Å². The third-order valence-electron chi connectivity index (χ3n) is 2.96. The molecule has 23 heavy (non-hydrogen) atoms. The molecule has 0 fully saturated rings. The minimum atomic E-state index is -0.524. The fraction of sp³-hybridized carbons (Fsp3) is 0.133. The maximum absolute atomic E-state index is 12.1. The molecule has 0 aromatic heterocycles. The van der Waals surface area contributed by atoms with Gasteiger partial charge in [0.2, 0.25) is 5.91 Å². The second-order valence-electron chi connectivity index (χ2n) is 4.64. The number of hydrogen-bond donors (Lipinski definition) is 1. The molecule has 0 bridgehead atoms. The summed E-state index contributed by atoms with van der Waals surface area (Å²) in [7, 11) is 0. The van der Waals surface area contributed by atoms with Crippen molar-refractivity contribution < 1.29 is 9.72 Å². The van der Waals surface area contributed by atoms with Crippen molar-refractivity contribution in [2.45, 2.75) is 11.8 Å². The van der Waals surface area contributed by atoms with Crippen molar-refractivity contribution in [2.75, 3.05) is 11.1 Å². The molecule has 2 rings (SSSR count). The first-order valence-corrected chi connectivity index (χ1v) is 8.24. The molecule has 120 valence electrons. The van der Waals surface area contributed by atoms with Gasteiger partial charge < -0.3 is 5.32 Å². The minimum Gasteiger partial charge on any atom is -0.319 e. The van der Waals surface area contributed by atoms with Crippen molar-refractivity contribution in [1.82, 2.24) is 0 Å². The number of nitro groups is 1. The summed E-state index contributed by atoms with van der Waals surface area (Å²) in [6.45, 7) is 1.70. The Labute approximate surface area is 147 Å². The number of hydrogen-bond acceptors (Lipinski definition) is 4. The Morgan fingerprint density at radius 1 is 1.30 bits per heavy atom. The molecule has 8 heteroatoms. The molecule has 0 saturated carbocycles. The number of rotatable bonds is 5. The lowest BCUT2D eigenvalue weighted by molar-refractivity contribution is -0.384. The first kappa shape index (κ1) is 17.6. The van der Waals surface area contributed by atoms with E-state index < -0.39 is 4.92 Å². The van der Waals surface area contributed by atoms with E-state index in [-0.39, 0.29) is 23.0 Å². The minimum absolute atomic E-state index is 0.0611. The molecule has 5 nitrogen and oxygen atoms in total. The van der Waals surface area contributed by atoms with Crippen LogP contribution in [0.3, 0.4) is 0 Å². The Balaban J connectivity index is 2.09. The van der Waals surface area contributed by atoms with Crippen molar-refractivity contribution in [3.05, 3.63) is 62.1 Å². The second-order valence-corrected chi connectivity index (χ2v) is 6.50. The van der Waals surface area contributed by atoms with Crippen LogP contribution in [0.25, 0.3) is 0 Å². The van der Waals surface area contributed by atoms with E-state index in [2.05, 4.69) is 5.32 Å². The average molecular weight is 371 g/mol. The predicted octanol–water partition coefficient (Wildman–Crippen LogP) is 4.94. The normalized spacial score (nSPS) is 10.4. The quantitative estimate of drug-likeness (QED) is 0.459. The third-order valence-corrected chi connectivity index (χ3v) is 4.70. The average Bonchev–Trinajstić information content (AvgIpc) is 2.50. The molecule has 0 radical (unpaired) electrons. The van der Waals surface area contributed by atoms with Crippen LogP contribution in [0.5, 0.6) is 0 Å². The lowest BCUT2D eigenvalue weighted by Crippen LogP contribution is -2.16. The summed E-state index contributed by atoms with van der Waals surface area (Å²) >= 11 is 13.1. The highest BCUT2D eigenvalue weighted by Gasteiger charge is 2.18. The summed E-state index contributed by atoms with van der Waals surface area (Å²) in [6, 6.07) is 9.59. The lowest BCUT2D eigenvalue weighted by atomic mass is 10.1. The first-order valence-electron chi connectivity index (χ1n) is 6.50. The first-order chi connectivity index (χ1) is 10.9. The van der Waals surface area contributed by atoms with E-state index in [0.29, 0.717) is 20.5 Å². The number of carbonyl (C=O) groups is 1. The van der Waals surface area contributed by atoms with E-state index in [0.717, 1.165) is 0 Å². The standard InChI is InChI=1S/C15H12Cl2N2O3S/c1-9-3-2-4-12(19(21)22)15(9)18-14(20)8-23-13-7-10(16)5-6-11(13)17/h2-7H,8H2,1H3,(H,18,20). The van der Waals surface area contributed by atoms with Gasteiger partial charge in [-0.25, -0.2) is 0 Å². The monoisotopic (exact) mass is 370 g/mol. The van der Waals surface area contributed by atoms with Gasteiger partial charge in [-0.1, -0.05) is 35.3 Å². The van der Waals surface area contributed by atoms with E-state index >= 15 is 0 Å². The van der Waals surface area contributed by atoms with Gasteiger partial charge in [-0.15, -0.1) is 11.8 Å². The number of thioether (sulfide) groups is 1. The fourth-order valence-corrected chi connectivity index (χ4v) is 3.17. The molecular weight excluding hydrogens is 359 g/mol. The van der Waals surface area contributed by atoms with Crippen molar-refractivity contribution in [3.63, 3.8) is 0 Å². The molecule has 0 atom stereocenters. The molecule has 2 aromatic carbocycles. The number of benzene rings is 2. The lowest BCUT2D eigenvalue weighted by Gasteiger charge is -2.09. The molecule has 0 heterocycles. The van der Waals surface area contributed by atoms with Gasteiger partial charge in [0, 0.05) is 16.0 Å². The Bertz CT molecular complexity index is 768. The molecular formula is C15H12Cl2N2O3S. The number of para-hydroxylation sites is 1. The maximum Gasteiger partial charge on any atom is 0.293 e. The molecule has 2 aromatic rings. The number of amides is 1. The van der Waals surface area contributed by atoms with Gasteiger partial charge in [0.05, 0.1) is 15.7 Å². The largest absolute Gasteiger partial charge is 0.319 e. The van der Waals surface area contributed by atoms with Crippen LogP contribution in [0, 0.1) is 17.0 Å². The highest BCUT2D eigenvalue weighted by molar-refractivity contribution is 8.00. The Kier molecular flexibility index (Phi) is 5.87. The Morgan fingerprint density at radius 2 is 2.04 bits per heavy atom. The molecule has 0 spiro atoms. The third kappa shape index (κ3) is 4.60. The number of aryl methyl sites for hydroxylation is 1. The van der Waals surface area contributed by atoms with Gasteiger partial charge in [0.25, 0.3) is 5.69 Å². The number of nitro benzene ring substituents is 1. The zero-order valence-corrected chi connectivity index (χ0v) is 14.3. The number of anilines is 1. The summed E-state index contributed by atoms with van der Waals surface area (Å²) in [5.74, 6) is -0.297. The van der Waals surface area contributed by atoms with Crippen LogP contribution in [-0.4, -0.2) is 16.6 Å². The summed E-state index contributed by atoms with van der Waals surface area (Å²) < 4.78 is 0. The van der Waals surface area contributed by atoms with E-state index in [1.807, 2.05) is 0 Å². The smallest absolute Gasteiger partial charge is 0.293 e. The summed E-state index contributed by atoms with van der Waals surface area (Å²) in [6.07, 6.45) is 0. The van der Waals surface area contributed by atoms with E-state index in [4.69, 9.17) is 23.2 Å². The number of nitrogens with one attached hydrogen (secondary N) is 1. The van der Waals surface area contributed by atoms with Gasteiger partial charge in [-0.2, -0.15) is 0 Å². The highest BCUT2D eigenvalue weighted by Crippen LogP contribution is 2.31. The van der Waals surface area contributed by atoms with Crippen molar-refractivity contribution in [2.24, 2.45) is 0 Å². The molecule has 0 aliphatic heterocycles. The summed E-state index contributed by atoms with van der Waals surface area (Å²) in [4.78, 5) is 23.3. The molecule has 0 aliphatic carbocycles. The zero-order chi connectivity index (χ0) is 17.0. The summed E-state index contributed by atoms with van der Waals surface area (Å²) in [5, 5.41) is 14.6. The van der Waals surface area contributed by atoms with Crippen LogP contribution >= 0.6 is 35.0 Å². The number of halogens is 2. The van der Waals surface area contributed by atoms with Crippen LogP contribution in [0.4, 0.5) is 11.4 Å². The van der Waals surface area contributed by atoms with Crippen LogP contribution < -0.4 is 5.32 Å². The zero-order valence-electron chi connectivity index (χ0n) is 12.0. The van der Waals surface area contributed by atoms with Gasteiger partial charge in [-0.3, -0.25) is 14.9 Å². The molecule has 0 saturated heterocycles. The van der Waals surface area contributed by atoms with Crippen LogP contribution in [0.1, 0.15) is 5.56 Å². The van der Waals surface area contributed by atoms with Crippen molar-refractivity contribution >= 4 is 52.2 Å². The SMILES string of the molecule is Cc1cccc([N+](=O)[O-])c1NC(=O)CSc1cc(Cl)ccc1Cl. The van der Waals surface area contributed by atoms with Crippen LogP contribution in [-0.2, 0) is 4.79 Å². The van der Waals surface area contributed by atoms with Gasteiger partial charge in [0.15, 0.2) is 0 Å². The predicted molar refractivity (Wildman–Crippen MR) is 93.6 cm³/mol. The van der Waals surface area contributed by atoms with Gasteiger partial charge >= 0.3 is 0 Å². The maximum atomic E-state index is 12.1. The van der Waals surface area contributed by atoms with E-state index in [9.17, 15) is 14.9 Å². The molecule has 1 amide bonds. The summed E-state index contributed by atoms with van der Waals surface area (Å²) in [5.41, 5.74) is 0.697. The Morgan fingerprint density at radius 3 is 2.74 bits per heavy atom.